The van der Waals surface area contributed by atoms with Gasteiger partial charge >= 0.3 is 11.8 Å². The summed E-state index contributed by atoms with van der Waals surface area (Å²) in [6.07, 6.45) is 2.83. The molecule has 0 aromatic carbocycles. The van der Waals surface area contributed by atoms with Crippen LogP contribution in [0.3, 0.4) is 0 Å². The third-order valence-electron chi connectivity index (χ3n) is 2.01. The minimum absolute atomic E-state index is 0.119. The number of amides is 2. The predicted octanol–water partition coefficient (Wildman–Crippen LogP) is -0.545. The minimum atomic E-state index is -0.817. The lowest BCUT2D eigenvalue weighted by molar-refractivity contribution is -0.136. The quantitative estimate of drug-likeness (QED) is 0.629. The second-order valence-electron chi connectivity index (χ2n) is 3.29. The number of nitrogens with one attached hydrogen (secondary N) is 3. The maximum atomic E-state index is 11.4. The van der Waals surface area contributed by atoms with Gasteiger partial charge in [-0.3, -0.25) is 19.9 Å². The summed E-state index contributed by atoms with van der Waals surface area (Å²) in [4.78, 5) is 30.5. The summed E-state index contributed by atoms with van der Waals surface area (Å²) < 4.78 is 0. The average Bonchev–Trinajstić information content (AvgIpc) is 2.90. The fourth-order valence-corrected chi connectivity index (χ4v) is 1.18. The van der Waals surface area contributed by atoms with Crippen LogP contribution in [0.5, 0.6) is 0 Å². The standard InChI is InChI=1S/C10H10N6O2/c17-8(9(18)15-10-13-6-14-16-10)12-5-7-3-1-2-4-11-7/h1-4,6H,5H2,(H,12,17)(H2,13,14,15,16,18). The zero-order chi connectivity index (χ0) is 12.8. The van der Waals surface area contributed by atoms with E-state index in [9.17, 15) is 9.59 Å². The highest BCUT2D eigenvalue weighted by Gasteiger charge is 2.14. The molecule has 0 aliphatic heterocycles. The van der Waals surface area contributed by atoms with Gasteiger partial charge < -0.3 is 5.32 Å². The molecule has 2 heterocycles. The van der Waals surface area contributed by atoms with E-state index in [1.54, 1.807) is 24.4 Å². The van der Waals surface area contributed by atoms with Gasteiger partial charge in [-0.05, 0) is 12.1 Å². The van der Waals surface area contributed by atoms with Crippen molar-refractivity contribution in [3.63, 3.8) is 0 Å². The van der Waals surface area contributed by atoms with Gasteiger partial charge in [0, 0.05) is 6.20 Å². The molecule has 2 rings (SSSR count). The van der Waals surface area contributed by atoms with E-state index in [-0.39, 0.29) is 12.5 Å². The van der Waals surface area contributed by atoms with Crippen molar-refractivity contribution in [2.75, 3.05) is 5.32 Å². The first-order valence-electron chi connectivity index (χ1n) is 5.10. The summed E-state index contributed by atoms with van der Waals surface area (Å²) in [7, 11) is 0. The van der Waals surface area contributed by atoms with Gasteiger partial charge in [-0.15, -0.1) is 0 Å². The highest BCUT2D eigenvalue weighted by atomic mass is 16.2. The third kappa shape index (κ3) is 3.11. The normalized spacial score (nSPS) is 9.78. The molecule has 0 aliphatic carbocycles. The number of anilines is 1. The molecule has 3 N–H and O–H groups in total. The third-order valence-corrected chi connectivity index (χ3v) is 2.01. The smallest absolute Gasteiger partial charge is 0.316 e. The Morgan fingerprint density at radius 1 is 1.22 bits per heavy atom. The van der Waals surface area contributed by atoms with Gasteiger partial charge in [0.1, 0.15) is 6.33 Å². The zero-order valence-electron chi connectivity index (χ0n) is 9.25. The average molecular weight is 246 g/mol. The zero-order valence-corrected chi connectivity index (χ0v) is 9.25. The Balaban J connectivity index is 1.83. The number of carbonyl (C=O) groups excluding carboxylic acids is 2. The molecule has 0 saturated carbocycles. The van der Waals surface area contributed by atoms with Gasteiger partial charge in [-0.2, -0.15) is 10.1 Å². The van der Waals surface area contributed by atoms with E-state index in [0.717, 1.165) is 0 Å². The fraction of sp³-hybridized carbons (Fsp3) is 0.100. The van der Waals surface area contributed by atoms with Crippen molar-refractivity contribution in [3.05, 3.63) is 36.4 Å². The Hall–Kier alpha value is -2.77. The Kier molecular flexibility index (Phi) is 3.59. The van der Waals surface area contributed by atoms with Gasteiger partial charge in [-0.25, -0.2) is 5.10 Å². The molecular formula is C10H10N6O2. The van der Waals surface area contributed by atoms with Crippen LogP contribution < -0.4 is 10.6 Å². The number of nitrogens with zero attached hydrogens (tertiary/aromatic N) is 3. The number of carbonyl (C=O) groups is 2. The van der Waals surface area contributed by atoms with Crippen molar-refractivity contribution in [3.8, 4) is 0 Å². The van der Waals surface area contributed by atoms with Crippen LogP contribution in [0.1, 0.15) is 5.69 Å². The molecular weight excluding hydrogens is 236 g/mol. The fourth-order valence-electron chi connectivity index (χ4n) is 1.18. The van der Waals surface area contributed by atoms with Crippen LogP contribution >= 0.6 is 0 Å². The molecule has 0 atom stereocenters. The van der Waals surface area contributed by atoms with Crippen molar-refractivity contribution >= 4 is 17.8 Å². The van der Waals surface area contributed by atoms with Crippen molar-refractivity contribution in [2.45, 2.75) is 6.54 Å². The number of aromatic nitrogens is 4. The topological polar surface area (TPSA) is 113 Å². The van der Waals surface area contributed by atoms with Crippen LogP contribution in [0.25, 0.3) is 0 Å². The molecule has 8 nitrogen and oxygen atoms in total. The van der Waals surface area contributed by atoms with E-state index in [2.05, 4.69) is 30.8 Å². The second kappa shape index (κ2) is 5.53. The summed E-state index contributed by atoms with van der Waals surface area (Å²) in [6, 6.07) is 5.31. The van der Waals surface area contributed by atoms with Crippen LogP contribution in [-0.4, -0.2) is 32.0 Å². The number of hydrogen-bond acceptors (Lipinski definition) is 5. The Labute approximate surface area is 102 Å². The van der Waals surface area contributed by atoms with E-state index < -0.39 is 11.8 Å². The Bertz CT molecular complexity index is 525. The summed E-state index contributed by atoms with van der Waals surface area (Å²) in [5.74, 6) is -1.47. The number of rotatable bonds is 3. The number of H-pyrrole nitrogens is 1. The summed E-state index contributed by atoms with van der Waals surface area (Å²) in [5, 5.41) is 10.6. The van der Waals surface area contributed by atoms with E-state index in [1.807, 2.05) is 0 Å². The molecule has 2 aromatic rings. The molecule has 0 saturated heterocycles. The van der Waals surface area contributed by atoms with Crippen molar-refractivity contribution < 1.29 is 9.59 Å². The van der Waals surface area contributed by atoms with Gasteiger partial charge in [0.05, 0.1) is 12.2 Å². The maximum Gasteiger partial charge on any atom is 0.316 e. The van der Waals surface area contributed by atoms with Crippen molar-refractivity contribution in [1.29, 1.82) is 0 Å². The molecule has 8 heteroatoms. The summed E-state index contributed by atoms with van der Waals surface area (Å²) in [6.45, 7) is 0.184. The number of aromatic amines is 1. The lowest BCUT2D eigenvalue weighted by Gasteiger charge is -2.03. The highest BCUT2D eigenvalue weighted by molar-refractivity contribution is 6.39. The monoisotopic (exact) mass is 246 g/mol. The van der Waals surface area contributed by atoms with Crippen LogP contribution in [0.4, 0.5) is 5.95 Å². The Morgan fingerprint density at radius 3 is 2.78 bits per heavy atom. The van der Waals surface area contributed by atoms with Crippen LogP contribution in [0.2, 0.25) is 0 Å². The van der Waals surface area contributed by atoms with E-state index in [4.69, 9.17) is 0 Å². The molecule has 0 bridgehead atoms. The van der Waals surface area contributed by atoms with E-state index in [1.165, 1.54) is 6.33 Å². The van der Waals surface area contributed by atoms with Gasteiger partial charge in [-0.1, -0.05) is 6.07 Å². The highest BCUT2D eigenvalue weighted by Crippen LogP contribution is 1.94. The number of hydrogen-bond donors (Lipinski definition) is 3. The SMILES string of the molecule is O=C(NCc1ccccn1)C(=O)Nc1ncn[nH]1. The largest absolute Gasteiger partial charge is 0.342 e. The predicted molar refractivity (Wildman–Crippen MR) is 61.1 cm³/mol. The van der Waals surface area contributed by atoms with Gasteiger partial charge in [0.2, 0.25) is 5.95 Å². The molecule has 92 valence electrons. The molecule has 0 aliphatic rings. The Morgan fingerprint density at radius 2 is 2.11 bits per heavy atom. The van der Waals surface area contributed by atoms with Gasteiger partial charge in [0.25, 0.3) is 0 Å². The first-order chi connectivity index (χ1) is 8.75. The second-order valence-corrected chi connectivity index (χ2v) is 3.29. The van der Waals surface area contributed by atoms with Crippen molar-refractivity contribution in [2.24, 2.45) is 0 Å². The molecule has 18 heavy (non-hydrogen) atoms. The van der Waals surface area contributed by atoms with Crippen LogP contribution in [0.15, 0.2) is 30.7 Å². The van der Waals surface area contributed by atoms with Crippen molar-refractivity contribution in [1.82, 2.24) is 25.5 Å². The molecule has 0 radical (unpaired) electrons. The molecule has 0 fully saturated rings. The minimum Gasteiger partial charge on any atom is -0.342 e. The first kappa shape index (κ1) is 11.7. The van der Waals surface area contributed by atoms with Gasteiger partial charge in [0.15, 0.2) is 0 Å². The van der Waals surface area contributed by atoms with E-state index >= 15 is 0 Å². The summed E-state index contributed by atoms with van der Waals surface area (Å²) in [5.41, 5.74) is 0.665. The lowest BCUT2D eigenvalue weighted by Crippen LogP contribution is -2.35. The van der Waals surface area contributed by atoms with Crippen LogP contribution in [-0.2, 0) is 16.1 Å². The summed E-state index contributed by atoms with van der Waals surface area (Å²) >= 11 is 0. The molecule has 0 unspecified atom stereocenters. The lowest BCUT2D eigenvalue weighted by atomic mass is 10.3. The van der Waals surface area contributed by atoms with E-state index in [0.29, 0.717) is 5.69 Å². The van der Waals surface area contributed by atoms with Crippen LogP contribution in [0, 0.1) is 0 Å². The number of pyridine rings is 1. The molecule has 2 aromatic heterocycles. The molecule has 0 spiro atoms. The maximum absolute atomic E-state index is 11.4. The molecule has 2 amide bonds. The first-order valence-corrected chi connectivity index (χ1v) is 5.10.